The van der Waals surface area contributed by atoms with E-state index in [1.807, 2.05) is 4.90 Å². The predicted octanol–water partition coefficient (Wildman–Crippen LogP) is 1.04. The van der Waals surface area contributed by atoms with Crippen molar-refractivity contribution >= 4 is 17.5 Å². The Morgan fingerprint density at radius 1 is 1.22 bits per heavy atom. The first-order valence-corrected chi connectivity index (χ1v) is 6.92. The minimum atomic E-state index is -0.0936. The maximum atomic E-state index is 12.4. The zero-order valence-electron chi connectivity index (χ0n) is 10.5. The highest BCUT2D eigenvalue weighted by Crippen LogP contribution is 2.36. The van der Waals surface area contributed by atoms with E-state index in [0.29, 0.717) is 30.5 Å². The number of fused-ring (bicyclic) bond motifs is 1. The number of hydrazone groups is 1. The predicted molar refractivity (Wildman–Crippen MR) is 66.9 cm³/mol. The molecular formula is C13H19N3O2. The van der Waals surface area contributed by atoms with Crippen molar-refractivity contribution in [3.63, 3.8) is 0 Å². The van der Waals surface area contributed by atoms with Crippen LogP contribution < -0.4 is 5.43 Å². The SMILES string of the molecule is O=C1CCC(C(=O)N2CCCC3CCCC32)=NN1. The Morgan fingerprint density at radius 2 is 2.06 bits per heavy atom. The van der Waals surface area contributed by atoms with E-state index in [4.69, 9.17) is 0 Å². The summed E-state index contributed by atoms with van der Waals surface area (Å²) in [5.74, 6) is 0.650. The number of nitrogens with zero attached hydrogens (tertiary/aromatic N) is 2. The molecule has 0 radical (unpaired) electrons. The largest absolute Gasteiger partial charge is 0.334 e. The normalized spacial score (nSPS) is 31.7. The highest BCUT2D eigenvalue weighted by molar-refractivity contribution is 6.39. The molecule has 1 aliphatic carbocycles. The van der Waals surface area contributed by atoms with Crippen molar-refractivity contribution in [1.82, 2.24) is 10.3 Å². The molecule has 2 heterocycles. The standard InChI is InChI=1S/C13H19N3O2/c17-12-7-6-10(14-15-12)13(18)16-8-2-4-9-3-1-5-11(9)16/h9,11H,1-8H2,(H,15,17). The fourth-order valence-electron chi connectivity index (χ4n) is 3.50. The average molecular weight is 249 g/mol. The minimum Gasteiger partial charge on any atom is -0.334 e. The first-order chi connectivity index (χ1) is 8.75. The molecule has 3 rings (SSSR count). The third-order valence-electron chi connectivity index (χ3n) is 4.41. The Bertz CT molecular complexity index is 405. The van der Waals surface area contributed by atoms with Gasteiger partial charge in [-0.15, -0.1) is 0 Å². The summed E-state index contributed by atoms with van der Waals surface area (Å²) in [4.78, 5) is 25.5. The summed E-state index contributed by atoms with van der Waals surface area (Å²) < 4.78 is 0. The summed E-state index contributed by atoms with van der Waals surface area (Å²) >= 11 is 0. The van der Waals surface area contributed by atoms with E-state index in [9.17, 15) is 9.59 Å². The number of hydrogen-bond donors (Lipinski definition) is 1. The second-order valence-corrected chi connectivity index (χ2v) is 5.49. The lowest BCUT2D eigenvalue weighted by Gasteiger charge is -2.38. The summed E-state index contributed by atoms with van der Waals surface area (Å²) in [5.41, 5.74) is 2.94. The molecule has 2 amide bonds. The number of rotatable bonds is 1. The Balaban J connectivity index is 1.73. The summed E-state index contributed by atoms with van der Waals surface area (Å²) in [6.45, 7) is 0.854. The van der Waals surface area contributed by atoms with E-state index in [1.54, 1.807) is 0 Å². The van der Waals surface area contributed by atoms with Crippen LogP contribution in [0.2, 0.25) is 0 Å². The lowest BCUT2D eigenvalue weighted by Crippen LogP contribution is -2.49. The molecule has 5 heteroatoms. The lowest BCUT2D eigenvalue weighted by molar-refractivity contribution is -0.128. The topological polar surface area (TPSA) is 61.8 Å². The van der Waals surface area contributed by atoms with Crippen LogP contribution in [0.25, 0.3) is 0 Å². The smallest absolute Gasteiger partial charge is 0.270 e. The summed E-state index contributed by atoms with van der Waals surface area (Å²) in [6, 6.07) is 0.423. The lowest BCUT2D eigenvalue weighted by atomic mass is 9.91. The molecule has 3 aliphatic rings. The molecule has 1 saturated carbocycles. The van der Waals surface area contributed by atoms with E-state index in [1.165, 1.54) is 19.3 Å². The Labute approximate surface area is 107 Å². The van der Waals surface area contributed by atoms with E-state index >= 15 is 0 Å². The molecule has 5 nitrogen and oxygen atoms in total. The molecule has 98 valence electrons. The summed E-state index contributed by atoms with van der Waals surface area (Å²) in [6.07, 6.45) is 6.87. The molecule has 2 atom stereocenters. The Hall–Kier alpha value is -1.39. The van der Waals surface area contributed by atoms with Gasteiger partial charge >= 0.3 is 0 Å². The van der Waals surface area contributed by atoms with Crippen LogP contribution in [0.4, 0.5) is 0 Å². The molecule has 0 spiro atoms. The first kappa shape index (κ1) is 11.7. The first-order valence-electron chi connectivity index (χ1n) is 6.92. The highest BCUT2D eigenvalue weighted by atomic mass is 16.2. The van der Waals surface area contributed by atoms with Crippen molar-refractivity contribution in [3.8, 4) is 0 Å². The number of amides is 2. The number of piperidine rings is 1. The van der Waals surface area contributed by atoms with Crippen LogP contribution in [0.3, 0.4) is 0 Å². The highest BCUT2D eigenvalue weighted by Gasteiger charge is 2.38. The molecule has 0 aromatic carbocycles. The van der Waals surface area contributed by atoms with Gasteiger partial charge in [0.25, 0.3) is 5.91 Å². The van der Waals surface area contributed by atoms with Gasteiger partial charge in [-0.3, -0.25) is 9.59 Å². The third kappa shape index (κ3) is 2.02. The van der Waals surface area contributed by atoms with Gasteiger partial charge in [0.2, 0.25) is 5.91 Å². The van der Waals surface area contributed by atoms with E-state index < -0.39 is 0 Å². The van der Waals surface area contributed by atoms with E-state index in [0.717, 1.165) is 19.4 Å². The number of hydrogen-bond acceptors (Lipinski definition) is 3. The van der Waals surface area contributed by atoms with Crippen molar-refractivity contribution < 1.29 is 9.59 Å². The fourth-order valence-corrected chi connectivity index (χ4v) is 3.50. The van der Waals surface area contributed by atoms with Crippen molar-refractivity contribution in [3.05, 3.63) is 0 Å². The summed E-state index contributed by atoms with van der Waals surface area (Å²) in [5, 5.41) is 3.93. The van der Waals surface area contributed by atoms with E-state index in [2.05, 4.69) is 10.5 Å². The molecule has 0 aromatic rings. The molecule has 0 bridgehead atoms. The number of carbonyl (C=O) groups is 2. The third-order valence-corrected chi connectivity index (χ3v) is 4.41. The number of nitrogens with one attached hydrogen (secondary N) is 1. The molecule has 2 aliphatic heterocycles. The van der Waals surface area contributed by atoms with Crippen LogP contribution in [0, 0.1) is 5.92 Å². The molecule has 2 unspecified atom stereocenters. The fraction of sp³-hybridized carbons (Fsp3) is 0.769. The number of carbonyl (C=O) groups excluding carboxylic acids is 2. The van der Waals surface area contributed by atoms with Crippen LogP contribution in [0.5, 0.6) is 0 Å². The van der Waals surface area contributed by atoms with Gasteiger partial charge in [0, 0.05) is 25.4 Å². The van der Waals surface area contributed by atoms with Crippen molar-refractivity contribution in [1.29, 1.82) is 0 Å². The van der Waals surface area contributed by atoms with E-state index in [-0.39, 0.29) is 11.8 Å². The maximum Gasteiger partial charge on any atom is 0.270 e. The van der Waals surface area contributed by atoms with Gasteiger partial charge in [0.05, 0.1) is 0 Å². The molecule has 18 heavy (non-hydrogen) atoms. The Kier molecular flexibility index (Phi) is 3.06. The Morgan fingerprint density at radius 3 is 2.83 bits per heavy atom. The van der Waals surface area contributed by atoms with Crippen molar-refractivity contribution in [2.24, 2.45) is 11.0 Å². The zero-order chi connectivity index (χ0) is 12.5. The molecule has 1 saturated heterocycles. The van der Waals surface area contributed by atoms with Crippen LogP contribution in [-0.4, -0.2) is 35.0 Å². The van der Waals surface area contributed by atoms with Gasteiger partial charge in [0.15, 0.2) is 0 Å². The minimum absolute atomic E-state index is 0.0478. The number of likely N-dealkylation sites (tertiary alicyclic amines) is 1. The van der Waals surface area contributed by atoms with Gasteiger partial charge in [-0.1, -0.05) is 6.42 Å². The van der Waals surface area contributed by atoms with Gasteiger partial charge in [-0.05, 0) is 31.6 Å². The molecule has 0 aromatic heterocycles. The second kappa shape index (κ2) is 4.71. The molecule has 2 fully saturated rings. The van der Waals surface area contributed by atoms with Gasteiger partial charge < -0.3 is 4.90 Å². The van der Waals surface area contributed by atoms with Crippen molar-refractivity contribution in [2.45, 2.75) is 51.0 Å². The van der Waals surface area contributed by atoms with Crippen LogP contribution in [0.1, 0.15) is 44.9 Å². The maximum absolute atomic E-state index is 12.4. The monoisotopic (exact) mass is 249 g/mol. The van der Waals surface area contributed by atoms with Crippen LogP contribution in [0.15, 0.2) is 5.10 Å². The average Bonchev–Trinajstić information content (AvgIpc) is 2.87. The van der Waals surface area contributed by atoms with Crippen LogP contribution in [-0.2, 0) is 9.59 Å². The van der Waals surface area contributed by atoms with Crippen molar-refractivity contribution in [2.75, 3.05) is 6.54 Å². The quantitative estimate of drug-likeness (QED) is 0.755. The van der Waals surface area contributed by atoms with Gasteiger partial charge in [-0.2, -0.15) is 5.10 Å². The molecular weight excluding hydrogens is 230 g/mol. The zero-order valence-corrected chi connectivity index (χ0v) is 10.5. The summed E-state index contributed by atoms with van der Waals surface area (Å²) in [7, 11) is 0. The van der Waals surface area contributed by atoms with Gasteiger partial charge in [0.1, 0.15) is 5.71 Å². The molecule has 1 N–H and O–H groups in total. The van der Waals surface area contributed by atoms with Crippen LogP contribution >= 0.6 is 0 Å². The van der Waals surface area contributed by atoms with Gasteiger partial charge in [-0.25, -0.2) is 5.43 Å². The second-order valence-electron chi connectivity index (χ2n) is 5.49.